The molecule has 2 unspecified atom stereocenters. The van der Waals surface area contributed by atoms with Gasteiger partial charge in [0.1, 0.15) is 5.82 Å². The summed E-state index contributed by atoms with van der Waals surface area (Å²) in [4.78, 5) is 11.8. The van der Waals surface area contributed by atoms with Gasteiger partial charge in [-0.2, -0.15) is 0 Å². The van der Waals surface area contributed by atoms with Gasteiger partial charge >= 0.3 is 0 Å². The molecule has 1 aromatic rings. The minimum Gasteiger partial charge on any atom is -0.377 e. The van der Waals surface area contributed by atoms with Crippen LogP contribution in [0.15, 0.2) is 23.3 Å². The summed E-state index contributed by atoms with van der Waals surface area (Å²) in [7, 11) is 0. The highest BCUT2D eigenvalue weighted by molar-refractivity contribution is 5.79. The number of piperidine rings is 1. The van der Waals surface area contributed by atoms with Crippen LogP contribution in [0.5, 0.6) is 0 Å². The fraction of sp³-hybridized carbons (Fsp3) is 0.750. The zero-order valence-corrected chi connectivity index (χ0v) is 19.4. The van der Waals surface area contributed by atoms with Gasteiger partial charge in [-0.15, -0.1) is 0 Å². The Morgan fingerprint density at radius 1 is 1.20 bits per heavy atom. The van der Waals surface area contributed by atoms with Crippen LogP contribution in [-0.2, 0) is 11.3 Å². The summed E-state index contributed by atoms with van der Waals surface area (Å²) in [5.41, 5.74) is 1.36. The van der Waals surface area contributed by atoms with Crippen LogP contribution >= 0.6 is 0 Å². The van der Waals surface area contributed by atoms with E-state index in [-0.39, 0.29) is 11.5 Å². The minimum atomic E-state index is 0.157. The molecule has 3 heterocycles. The molecule has 6 nitrogen and oxygen atoms in total. The number of pyridine rings is 1. The lowest BCUT2D eigenvalue weighted by Gasteiger charge is -2.40. The lowest BCUT2D eigenvalue weighted by Crippen LogP contribution is -2.47. The van der Waals surface area contributed by atoms with Gasteiger partial charge in [0.2, 0.25) is 0 Å². The molecule has 2 aliphatic rings. The van der Waals surface area contributed by atoms with Crippen LogP contribution in [0.4, 0.5) is 5.82 Å². The van der Waals surface area contributed by atoms with E-state index >= 15 is 0 Å². The smallest absolute Gasteiger partial charge is 0.191 e. The molecule has 2 saturated heterocycles. The van der Waals surface area contributed by atoms with Crippen LogP contribution in [0.2, 0.25) is 0 Å². The van der Waals surface area contributed by atoms with E-state index in [1.165, 1.54) is 31.2 Å². The van der Waals surface area contributed by atoms with Gasteiger partial charge in [-0.25, -0.2) is 9.98 Å². The van der Waals surface area contributed by atoms with Crippen LogP contribution in [0.25, 0.3) is 0 Å². The third-order valence-electron chi connectivity index (χ3n) is 6.08. The third kappa shape index (κ3) is 6.59. The molecule has 0 radical (unpaired) electrons. The van der Waals surface area contributed by atoms with Gasteiger partial charge in [-0.1, -0.05) is 20.8 Å². The Morgan fingerprint density at radius 2 is 2.00 bits per heavy atom. The number of rotatable bonds is 6. The largest absolute Gasteiger partial charge is 0.377 e. The Morgan fingerprint density at radius 3 is 2.73 bits per heavy atom. The van der Waals surface area contributed by atoms with Crippen molar-refractivity contribution < 1.29 is 4.74 Å². The quantitative estimate of drug-likeness (QED) is 0.544. The van der Waals surface area contributed by atoms with E-state index in [2.05, 4.69) is 60.3 Å². The standard InChI is InChI=1S/C24H41N5O/c1-5-25-23(28-18-20-10-9-15-30-22(20)24(2,3)4)27-17-19-11-12-26-21(16-19)29-13-7-6-8-14-29/h11-12,16,20,22H,5-10,13-15,17-18H2,1-4H3,(H2,25,27,28). The molecular formula is C24H41N5O. The zero-order valence-electron chi connectivity index (χ0n) is 19.4. The molecule has 2 atom stereocenters. The van der Waals surface area contributed by atoms with E-state index in [0.717, 1.165) is 51.0 Å². The number of hydrogen-bond donors (Lipinski definition) is 2. The normalized spacial score (nSPS) is 23.3. The topological polar surface area (TPSA) is 61.8 Å². The van der Waals surface area contributed by atoms with Crippen molar-refractivity contribution in [2.45, 2.75) is 72.4 Å². The summed E-state index contributed by atoms with van der Waals surface area (Å²) >= 11 is 0. The summed E-state index contributed by atoms with van der Waals surface area (Å²) < 4.78 is 6.14. The fourth-order valence-corrected chi connectivity index (χ4v) is 4.60. The van der Waals surface area contributed by atoms with Gasteiger partial charge < -0.3 is 20.3 Å². The van der Waals surface area contributed by atoms with E-state index < -0.39 is 0 Å². The van der Waals surface area contributed by atoms with Gasteiger partial charge in [-0.3, -0.25) is 0 Å². The fourth-order valence-electron chi connectivity index (χ4n) is 4.60. The minimum absolute atomic E-state index is 0.157. The Balaban J connectivity index is 1.60. The lowest BCUT2D eigenvalue weighted by molar-refractivity contribution is -0.0835. The maximum absolute atomic E-state index is 6.14. The number of guanidine groups is 1. The van der Waals surface area contributed by atoms with Crippen LogP contribution < -0.4 is 15.5 Å². The first kappa shape index (κ1) is 22.9. The monoisotopic (exact) mass is 415 g/mol. The van der Waals surface area contributed by atoms with Crippen LogP contribution in [0.1, 0.15) is 65.4 Å². The molecule has 0 bridgehead atoms. The molecule has 0 aromatic carbocycles. The highest BCUT2D eigenvalue weighted by Crippen LogP contribution is 2.33. The maximum Gasteiger partial charge on any atom is 0.191 e. The second kappa shape index (κ2) is 11.0. The predicted octanol–water partition coefficient (Wildman–Crippen LogP) is 3.97. The first-order chi connectivity index (χ1) is 14.5. The van der Waals surface area contributed by atoms with E-state index in [1.807, 2.05) is 6.20 Å². The van der Waals surface area contributed by atoms with Crippen molar-refractivity contribution in [3.8, 4) is 0 Å². The van der Waals surface area contributed by atoms with Crippen molar-refractivity contribution in [3.63, 3.8) is 0 Å². The van der Waals surface area contributed by atoms with E-state index in [0.29, 0.717) is 12.5 Å². The Kier molecular flexibility index (Phi) is 8.37. The van der Waals surface area contributed by atoms with Crippen molar-refractivity contribution >= 4 is 11.8 Å². The molecule has 1 aromatic heterocycles. The highest BCUT2D eigenvalue weighted by atomic mass is 16.5. The summed E-state index contributed by atoms with van der Waals surface area (Å²) in [5, 5.41) is 6.97. The van der Waals surface area contributed by atoms with Crippen molar-refractivity contribution in [1.29, 1.82) is 0 Å². The number of nitrogens with one attached hydrogen (secondary N) is 2. The molecule has 3 rings (SSSR count). The van der Waals surface area contributed by atoms with Gasteiger partial charge in [0.15, 0.2) is 5.96 Å². The second-order valence-corrected chi connectivity index (χ2v) is 9.71. The molecule has 0 spiro atoms. The van der Waals surface area contributed by atoms with Gasteiger partial charge in [-0.05, 0) is 62.1 Å². The SMILES string of the molecule is CCNC(=NCc1ccnc(N2CCCCC2)c1)NCC1CCCOC1C(C)(C)C. The molecule has 0 amide bonds. The zero-order chi connectivity index (χ0) is 21.4. The molecule has 6 heteroatoms. The van der Waals surface area contributed by atoms with Crippen molar-refractivity contribution in [1.82, 2.24) is 15.6 Å². The number of aliphatic imine (C=N–C) groups is 1. The van der Waals surface area contributed by atoms with Crippen molar-refractivity contribution in [2.24, 2.45) is 16.3 Å². The number of anilines is 1. The summed E-state index contributed by atoms with van der Waals surface area (Å²) in [6.45, 7) is 14.4. The maximum atomic E-state index is 6.14. The Labute approximate surface area is 182 Å². The third-order valence-corrected chi connectivity index (χ3v) is 6.08. The summed E-state index contributed by atoms with van der Waals surface area (Å²) in [6, 6.07) is 4.27. The summed E-state index contributed by atoms with van der Waals surface area (Å²) in [5.74, 6) is 2.48. The van der Waals surface area contributed by atoms with E-state index in [1.54, 1.807) is 0 Å². The number of hydrogen-bond acceptors (Lipinski definition) is 4. The van der Waals surface area contributed by atoms with Crippen LogP contribution in [0, 0.1) is 11.3 Å². The van der Waals surface area contributed by atoms with E-state index in [4.69, 9.17) is 9.73 Å². The first-order valence-electron chi connectivity index (χ1n) is 11.8. The lowest BCUT2D eigenvalue weighted by atomic mass is 9.78. The molecule has 168 valence electrons. The van der Waals surface area contributed by atoms with Crippen molar-refractivity contribution in [2.75, 3.05) is 37.7 Å². The molecule has 2 N–H and O–H groups in total. The molecule has 2 fully saturated rings. The van der Waals surface area contributed by atoms with Crippen LogP contribution in [-0.4, -0.2) is 49.8 Å². The van der Waals surface area contributed by atoms with Crippen LogP contribution in [0.3, 0.4) is 0 Å². The molecule has 2 aliphatic heterocycles. The first-order valence-corrected chi connectivity index (χ1v) is 11.8. The number of nitrogens with zero attached hydrogens (tertiary/aromatic N) is 3. The second-order valence-electron chi connectivity index (χ2n) is 9.71. The van der Waals surface area contributed by atoms with Gasteiger partial charge in [0.05, 0.1) is 12.6 Å². The molecule has 30 heavy (non-hydrogen) atoms. The average molecular weight is 416 g/mol. The Bertz CT molecular complexity index is 678. The highest BCUT2D eigenvalue weighted by Gasteiger charge is 2.35. The summed E-state index contributed by atoms with van der Waals surface area (Å²) in [6.07, 6.45) is 8.41. The van der Waals surface area contributed by atoms with Gasteiger partial charge in [0, 0.05) is 44.9 Å². The van der Waals surface area contributed by atoms with E-state index in [9.17, 15) is 0 Å². The van der Waals surface area contributed by atoms with Crippen molar-refractivity contribution in [3.05, 3.63) is 23.9 Å². The number of ether oxygens (including phenoxy) is 1. The van der Waals surface area contributed by atoms with Gasteiger partial charge in [0.25, 0.3) is 0 Å². The average Bonchev–Trinajstić information content (AvgIpc) is 2.76. The molecule has 0 aliphatic carbocycles. The predicted molar refractivity (Wildman–Crippen MR) is 125 cm³/mol. The molecule has 0 saturated carbocycles. The number of aromatic nitrogens is 1. The molecular weight excluding hydrogens is 374 g/mol. The Hall–Kier alpha value is -1.82.